The van der Waals surface area contributed by atoms with Crippen LogP contribution < -0.4 is 10.5 Å². The SMILES string of the molecule is CC1CCCCC1(CN)NS(=O)(=O)Cc1cccc(F)c1.Cl. The van der Waals surface area contributed by atoms with Crippen LogP contribution in [0.3, 0.4) is 0 Å². The van der Waals surface area contributed by atoms with E-state index >= 15 is 0 Å². The predicted octanol–water partition coefficient (Wildman–Crippen LogP) is 2.57. The van der Waals surface area contributed by atoms with E-state index in [0.29, 0.717) is 5.56 Å². The van der Waals surface area contributed by atoms with Crippen LogP contribution in [0.25, 0.3) is 0 Å². The van der Waals surface area contributed by atoms with Crippen LogP contribution in [0.2, 0.25) is 0 Å². The molecule has 22 heavy (non-hydrogen) atoms. The number of nitrogens with one attached hydrogen (secondary N) is 1. The monoisotopic (exact) mass is 350 g/mol. The molecule has 7 heteroatoms. The lowest BCUT2D eigenvalue weighted by Crippen LogP contribution is -2.59. The van der Waals surface area contributed by atoms with Crippen LogP contribution in [0.1, 0.15) is 38.2 Å². The minimum Gasteiger partial charge on any atom is -0.329 e. The van der Waals surface area contributed by atoms with Crippen LogP contribution >= 0.6 is 12.4 Å². The maximum Gasteiger partial charge on any atom is 0.216 e. The second-order valence-corrected chi connectivity index (χ2v) is 7.72. The molecule has 126 valence electrons. The highest BCUT2D eigenvalue weighted by atomic mass is 35.5. The summed E-state index contributed by atoms with van der Waals surface area (Å²) in [7, 11) is -3.55. The number of hydrogen-bond acceptors (Lipinski definition) is 3. The Hall–Kier alpha value is -0.690. The molecule has 1 fully saturated rings. The van der Waals surface area contributed by atoms with Gasteiger partial charge in [0.2, 0.25) is 10.0 Å². The van der Waals surface area contributed by atoms with Gasteiger partial charge in [-0.05, 0) is 36.5 Å². The topological polar surface area (TPSA) is 72.2 Å². The lowest BCUT2D eigenvalue weighted by atomic mass is 9.74. The van der Waals surface area contributed by atoms with Gasteiger partial charge in [-0.25, -0.2) is 17.5 Å². The number of rotatable bonds is 5. The van der Waals surface area contributed by atoms with Gasteiger partial charge in [0.1, 0.15) is 5.82 Å². The Morgan fingerprint density at radius 2 is 2.14 bits per heavy atom. The largest absolute Gasteiger partial charge is 0.329 e. The van der Waals surface area contributed by atoms with Crippen LogP contribution in [0.4, 0.5) is 4.39 Å². The van der Waals surface area contributed by atoms with E-state index in [4.69, 9.17) is 5.73 Å². The third-order valence-electron chi connectivity index (χ3n) is 4.42. The fourth-order valence-corrected chi connectivity index (χ4v) is 4.80. The average molecular weight is 351 g/mol. The Morgan fingerprint density at radius 1 is 1.41 bits per heavy atom. The molecule has 0 radical (unpaired) electrons. The molecule has 4 nitrogen and oxygen atoms in total. The third-order valence-corrected chi connectivity index (χ3v) is 5.85. The molecule has 0 amide bonds. The second kappa shape index (κ2) is 7.73. The molecule has 0 saturated heterocycles. The molecule has 3 N–H and O–H groups in total. The predicted molar refractivity (Wildman–Crippen MR) is 88.8 cm³/mol. The molecular weight excluding hydrogens is 327 g/mol. The highest BCUT2D eigenvalue weighted by Gasteiger charge is 2.40. The van der Waals surface area contributed by atoms with Gasteiger partial charge in [0.05, 0.1) is 5.75 Å². The minimum atomic E-state index is -3.55. The van der Waals surface area contributed by atoms with Crippen molar-refractivity contribution in [3.05, 3.63) is 35.6 Å². The van der Waals surface area contributed by atoms with Crippen LogP contribution in [0, 0.1) is 11.7 Å². The number of hydrogen-bond donors (Lipinski definition) is 2. The highest BCUT2D eigenvalue weighted by molar-refractivity contribution is 7.88. The zero-order valence-corrected chi connectivity index (χ0v) is 14.4. The van der Waals surface area contributed by atoms with Crippen LogP contribution in [0.5, 0.6) is 0 Å². The van der Waals surface area contributed by atoms with Gasteiger partial charge in [0.15, 0.2) is 0 Å². The first-order valence-electron chi connectivity index (χ1n) is 7.33. The third kappa shape index (κ3) is 4.65. The van der Waals surface area contributed by atoms with Crippen LogP contribution in [-0.4, -0.2) is 20.5 Å². The molecule has 0 bridgehead atoms. The number of sulfonamides is 1. The van der Waals surface area contributed by atoms with Crippen molar-refractivity contribution in [3.63, 3.8) is 0 Å². The van der Waals surface area contributed by atoms with Crippen molar-refractivity contribution in [2.75, 3.05) is 6.54 Å². The van der Waals surface area contributed by atoms with Gasteiger partial charge < -0.3 is 5.73 Å². The molecular formula is C15H24ClFN2O2S. The Labute approximate surface area is 138 Å². The summed E-state index contributed by atoms with van der Waals surface area (Å²) >= 11 is 0. The molecule has 0 heterocycles. The maximum absolute atomic E-state index is 13.2. The molecule has 2 rings (SSSR count). The Kier molecular flexibility index (Phi) is 6.80. The van der Waals surface area contributed by atoms with Gasteiger partial charge in [-0.2, -0.15) is 0 Å². The van der Waals surface area contributed by atoms with Crippen molar-refractivity contribution >= 4 is 22.4 Å². The highest BCUT2D eigenvalue weighted by Crippen LogP contribution is 2.33. The van der Waals surface area contributed by atoms with E-state index in [1.807, 2.05) is 6.92 Å². The van der Waals surface area contributed by atoms with Crippen LogP contribution in [-0.2, 0) is 15.8 Å². The fourth-order valence-electron chi connectivity index (χ4n) is 3.10. The molecule has 1 aromatic rings. The zero-order valence-electron chi connectivity index (χ0n) is 12.7. The standard InChI is InChI=1S/C15H23FN2O2S.ClH/c1-12-5-2-3-8-15(12,11-17)18-21(19,20)10-13-6-4-7-14(16)9-13;/h4,6-7,9,12,18H,2-3,5,8,10-11,17H2,1H3;1H. The number of nitrogens with two attached hydrogens (primary N) is 1. The van der Waals surface area contributed by atoms with Gasteiger partial charge in [-0.15, -0.1) is 12.4 Å². The summed E-state index contributed by atoms with van der Waals surface area (Å²) in [5, 5.41) is 0. The molecule has 0 aromatic heterocycles. The molecule has 1 aliphatic carbocycles. The van der Waals surface area contributed by atoms with Crippen molar-refractivity contribution in [2.45, 2.75) is 43.9 Å². The van der Waals surface area contributed by atoms with Crippen LogP contribution in [0.15, 0.2) is 24.3 Å². The van der Waals surface area contributed by atoms with Crippen molar-refractivity contribution in [1.82, 2.24) is 4.72 Å². The molecule has 2 atom stereocenters. The fraction of sp³-hybridized carbons (Fsp3) is 0.600. The second-order valence-electron chi connectivity index (χ2n) is 6.00. The summed E-state index contributed by atoms with van der Waals surface area (Å²) in [6.07, 6.45) is 3.81. The summed E-state index contributed by atoms with van der Waals surface area (Å²) in [5.41, 5.74) is 5.74. The number of benzene rings is 1. The normalized spacial score (nSPS) is 25.5. The van der Waals surface area contributed by atoms with Crippen molar-refractivity contribution in [1.29, 1.82) is 0 Å². The summed E-state index contributed by atoms with van der Waals surface area (Å²) in [4.78, 5) is 0. The van der Waals surface area contributed by atoms with Gasteiger partial charge in [0, 0.05) is 12.1 Å². The molecule has 1 aromatic carbocycles. The smallest absolute Gasteiger partial charge is 0.216 e. The Bertz CT molecular complexity index is 597. The first-order valence-corrected chi connectivity index (χ1v) is 8.98. The molecule has 0 spiro atoms. The van der Waals surface area contributed by atoms with E-state index in [9.17, 15) is 12.8 Å². The van der Waals surface area contributed by atoms with Gasteiger partial charge in [-0.1, -0.05) is 31.9 Å². The van der Waals surface area contributed by atoms with Crippen molar-refractivity contribution in [2.24, 2.45) is 11.7 Å². The summed E-state index contributed by atoms with van der Waals surface area (Å²) in [6.45, 7) is 2.33. The first kappa shape index (κ1) is 19.4. The first-order chi connectivity index (χ1) is 9.87. The Balaban J connectivity index is 0.00000242. The van der Waals surface area contributed by atoms with E-state index in [1.165, 1.54) is 18.2 Å². The van der Waals surface area contributed by atoms with Gasteiger partial charge in [0.25, 0.3) is 0 Å². The molecule has 1 aliphatic rings. The van der Waals surface area contributed by atoms with Gasteiger partial charge in [-0.3, -0.25) is 0 Å². The van der Waals surface area contributed by atoms with E-state index in [1.54, 1.807) is 6.07 Å². The summed E-state index contributed by atoms with van der Waals surface area (Å²) in [6, 6.07) is 5.68. The van der Waals surface area contributed by atoms with Gasteiger partial charge >= 0.3 is 0 Å². The maximum atomic E-state index is 13.2. The number of halogens is 2. The van der Waals surface area contributed by atoms with E-state index in [0.717, 1.165) is 25.7 Å². The van der Waals surface area contributed by atoms with E-state index in [2.05, 4.69) is 4.72 Å². The summed E-state index contributed by atoms with van der Waals surface area (Å²) < 4.78 is 40.8. The zero-order chi connectivity index (χ0) is 15.5. The molecule has 0 aliphatic heterocycles. The van der Waals surface area contributed by atoms with Crippen molar-refractivity contribution in [3.8, 4) is 0 Å². The molecule has 1 saturated carbocycles. The minimum absolute atomic E-state index is 0. The average Bonchev–Trinajstić information content (AvgIpc) is 2.40. The van der Waals surface area contributed by atoms with E-state index < -0.39 is 21.4 Å². The Morgan fingerprint density at radius 3 is 2.73 bits per heavy atom. The lowest BCUT2D eigenvalue weighted by molar-refractivity contribution is 0.191. The van der Waals surface area contributed by atoms with Crippen molar-refractivity contribution < 1.29 is 12.8 Å². The molecule has 2 unspecified atom stereocenters. The lowest BCUT2D eigenvalue weighted by Gasteiger charge is -2.42. The quantitative estimate of drug-likeness (QED) is 0.857. The van der Waals surface area contributed by atoms with E-state index in [-0.39, 0.29) is 30.6 Å². The summed E-state index contributed by atoms with van der Waals surface area (Å²) in [5.74, 6) is -0.444.